The van der Waals surface area contributed by atoms with E-state index in [-0.39, 0.29) is 0 Å². The van der Waals surface area contributed by atoms with Crippen molar-refractivity contribution < 1.29 is 0 Å². The number of pyridine rings is 1. The Morgan fingerprint density at radius 1 is 1.35 bits per heavy atom. The molecule has 1 aliphatic heterocycles. The van der Waals surface area contributed by atoms with Gasteiger partial charge in [0.25, 0.3) is 0 Å². The molecule has 2 rings (SSSR count). The van der Waals surface area contributed by atoms with E-state index in [2.05, 4.69) is 35.1 Å². The molecule has 1 N–H and O–H groups in total. The quantitative estimate of drug-likeness (QED) is 0.829. The van der Waals surface area contributed by atoms with Crippen molar-refractivity contribution in [3.05, 3.63) is 30.1 Å². The monoisotopic (exact) mass is 275 g/mol. The Bertz CT molecular complexity index is 356. The molecule has 0 unspecified atom stereocenters. The number of hydrogen-bond donors (Lipinski definition) is 1. The van der Waals surface area contributed by atoms with Gasteiger partial charge in [0.15, 0.2) is 0 Å². The van der Waals surface area contributed by atoms with Crippen LogP contribution in [0, 0.1) is 11.8 Å². The van der Waals surface area contributed by atoms with Crippen molar-refractivity contribution in [2.24, 2.45) is 11.8 Å². The van der Waals surface area contributed by atoms with Gasteiger partial charge in [-0.25, -0.2) is 0 Å². The number of likely N-dealkylation sites (tertiary alicyclic amines) is 1. The Labute approximate surface area is 123 Å². The van der Waals surface area contributed by atoms with Crippen LogP contribution in [0.5, 0.6) is 0 Å². The molecule has 0 aromatic carbocycles. The zero-order valence-electron chi connectivity index (χ0n) is 13.0. The van der Waals surface area contributed by atoms with Gasteiger partial charge < -0.3 is 10.2 Å². The van der Waals surface area contributed by atoms with E-state index in [0.29, 0.717) is 0 Å². The molecule has 0 spiro atoms. The Kier molecular flexibility index (Phi) is 6.48. The lowest BCUT2D eigenvalue weighted by Gasteiger charge is -2.32. The van der Waals surface area contributed by atoms with Crippen LogP contribution in [0.4, 0.5) is 0 Å². The van der Waals surface area contributed by atoms with Crippen LogP contribution in [0.25, 0.3) is 0 Å². The minimum absolute atomic E-state index is 0.759. The third-order valence-electron chi connectivity index (χ3n) is 4.13. The minimum atomic E-state index is 0.759. The van der Waals surface area contributed by atoms with Crippen molar-refractivity contribution >= 4 is 0 Å². The van der Waals surface area contributed by atoms with Gasteiger partial charge in [-0.05, 0) is 68.9 Å². The molecule has 20 heavy (non-hydrogen) atoms. The normalized spacial score (nSPS) is 17.8. The molecule has 0 bridgehead atoms. The smallest absolute Gasteiger partial charge is 0.0300 e. The van der Waals surface area contributed by atoms with Crippen molar-refractivity contribution in [2.75, 3.05) is 32.7 Å². The van der Waals surface area contributed by atoms with E-state index in [0.717, 1.165) is 24.8 Å². The fourth-order valence-corrected chi connectivity index (χ4v) is 2.82. The number of aromatic nitrogens is 1. The van der Waals surface area contributed by atoms with Crippen molar-refractivity contribution in [1.29, 1.82) is 0 Å². The molecule has 0 amide bonds. The van der Waals surface area contributed by atoms with Gasteiger partial charge in [-0.2, -0.15) is 0 Å². The van der Waals surface area contributed by atoms with E-state index in [1.54, 1.807) is 0 Å². The van der Waals surface area contributed by atoms with Crippen LogP contribution in [-0.2, 0) is 6.42 Å². The molecule has 112 valence electrons. The van der Waals surface area contributed by atoms with Crippen LogP contribution in [0.2, 0.25) is 0 Å². The van der Waals surface area contributed by atoms with E-state index in [9.17, 15) is 0 Å². The standard InChI is InChI=1S/C17H29N3/c1-15(2)12-19-14-17-6-10-20(11-7-17)9-5-16-4-3-8-18-13-16/h3-4,8,13,15,17,19H,5-7,9-12,14H2,1-2H3. The zero-order chi connectivity index (χ0) is 14.2. The van der Waals surface area contributed by atoms with Crippen LogP contribution in [0.3, 0.4) is 0 Å². The molecule has 0 radical (unpaired) electrons. The average molecular weight is 275 g/mol. The maximum Gasteiger partial charge on any atom is 0.0300 e. The van der Waals surface area contributed by atoms with E-state index in [1.165, 1.54) is 44.6 Å². The first-order valence-electron chi connectivity index (χ1n) is 8.06. The van der Waals surface area contributed by atoms with Gasteiger partial charge in [-0.3, -0.25) is 4.98 Å². The Morgan fingerprint density at radius 2 is 2.15 bits per heavy atom. The molecule has 1 aromatic heterocycles. The summed E-state index contributed by atoms with van der Waals surface area (Å²) in [6.07, 6.45) is 7.65. The van der Waals surface area contributed by atoms with Crippen molar-refractivity contribution in [3.8, 4) is 0 Å². The minimum Gasteiger partial charge on any atom is -0.316 e. The van der Waals surface area contributed by atoms with Gasteiger partial charge in [0.05, 0.1) is 0 Å². The molecular weight excluding hydrogens is 246 g/mol. The second-order valence-corrected chi connectivity index (χ2v) is 6.45. The molecule has 0 saturated carbocycles. The highest BCUT2D eigenvalue weighted by Crippen LogP contribution is 2.16. The summed E-state index contributed by atoms with van der Waals surface area (Å²) in [5.74, 6) is 1.64. The predicted octanol–water partition coefficient (Wildman–Crippen LogP) is 2.58. The number of hydrogen-bond acceptors (Lipinski definition) is 3. The van der Waals surface area contributed by atoms with Crippen LogP contribution >= 0.6 is 0 Å². The highest BCUT2D eigenvalue weighted by molar-refractivity contribution is 5.08. The molecule has 3 heteroatoms. The highest BCUT2D eigenvalue weighted by Gasteiger charge is 2.18. The van der Waals surface area contributed by atoms with E-state index in [4.69, 9.17) is 0 Å². The third kappa shape index (κ3) is 5.59. The number of nitrogens with zero attached hydrogens (tertiary/aromatic N) is 2. The second kappa shape index (κ2) is 8.38. The van der Waals surface area contributed by atoms with Gasteiger partial charge in [-0.15, -0.1) is 0 Å². The first kappa shape index (κ1) is 15.5. The van der Waals surface area contributed by atoms with Crippen molar-refractivity contribution in [1.82, 2.24) is 15.2 Å². The van der Waals surface area contributed by atoms with E-state index in [1.807, 2.05) is 18.5 Å². The highest BCUT2D eigenvalue weighted by atomic mass is 15.1. The number of nitrogens with one attached hydrogen (secondary N) is 1. The number of rotatable bonds is 7. The van der Waals surface area contributed by atoms with Crippen LogP contribution < -0.4 is 5.32 Å². The van der Waals surface area contributed by atoms with Crippen LogP contribution in [0.15, 0.2) is 24.5 Å². The summed E-state index contributed by atoms with van der Waals surface area (Å²) in [7, 11) is 0. The van der Waals surface area contributed by atoms with E-state index < -0.39 is 0 Å². The second-order valence-electron chi connectivity index (χ2n) is 6.45. The lowest BCUT2D eigenvalue weighted by molar-refractivity contribution is 0.183. The summed E-state index contributed by atoms with van der Waals surface area (Å²) >= 11 is 0. The molecule has 1 saturated heterocycles. The Hall–Kier alpha value is -0.930. The lowest BCUT2D eigenvalue weighted by Crippen LogP contribution is -2.38. The molecule has 3 nitrogen and oxygen atoms in total. The van der Waals surface area contributed by atoms with Gasteiger partial charge in [0.1, 0.15) is 0 Å². The molecule has 1 fully saturated rings. The summed E-state index contributed by atoms with van der Waals surface area (Å²) in [6.45, 7) is 10.6. The first-order chi connectivity index (χ1) is 9.74. The topological polar surface area (TPSA) is 28.2 Å². The first-order valence-corrected chi connectivity index (χ1v) is 8.06. The third-order valence-corrected chi connectivity index (χ3v) is 4.13. The summed E-state index contributed by atoms with van der Waals surface area (Å²) in [6, 6.07) is 4.21. The van der Waals surface area contributed by atoms with Crippen LogP contribution in [-0.4, -0.2) is 42.6 Å². The van der Waals surface area contributed by atoms with Crippen molar-refractivity contribution in [3.63, 3.8) is 0 Å². The lowest BCUT2D eigenvalue weighted by atomic mass is 9.96. The fourth-order valence-electron chi connectivity index (χ4n) is 2.82. The Balaban J connectivity index is 1.59. The van der Waals surface area contributed by atoms with Gasteiger partial charge in [0.2, 0.25) is 0 Å². The average Bonchev–Trinajstić information content (AvgIpc) is 2.47. The van der Waals surface area contributed by atoms with Crippen LogP contribution in [0.1, 0.15) is 32.3 Å². The summed E-state index contributed by atoms with van der Waals surface area (Å²) in [5, 5.41) is 3.60. The maximum absolute atomic E-state index is 4.18. The van der Waals surface area contributed by atoms with Gasteiger partial charge in [0, 0.05) is 18.9 Å². The summed E-state index contributed by atoms with van der Waals surface area (Å²) in [4.78, 5) is 6.78. The molecule has 1 aromatic rings. The Morgan fingerprint density at radius 3 is 2.80 bits per heavy atom. The zero-order valence-corrected chi connectivity index (χ0v) is 13.0. The van der Waals surface area contributed by atoms with Gasteiger partial charge in [-0.1, -0.05) is 19.9 Å². The molecule has 0 atom stereocenters. The maximum atomic E-state index is 4.18. The molecule has 2 heterocycles. The van der Waals surface area contributed by atoms with E-state index >= 15 is 0 Å². The molecular formula is C17H29N3. The molecule has 0 aliphatic carbocycles. The summed E-state index contributed by atoms with van der Waals surface area (Å²) in [5.41, 5.74) is 1.35. The van der Waals surface area contributed by atoms with Gasteiger partial charge >= 0.3 is 0 Å². The van der Waals surface area contributed by atoms with Crippen molar-refractivity contribution in [2.45, 2.75) is 33.1 Å². The SMILES string of the molecule is CC(C)CNCC1CCN(CCc2cccnc2)CC1. The largest absolute Gasteiger partial charge is 0.316 e. The summed E-state index contributed by atoms with van der Waals surface area (Å²) < 4.78 is 0. The fraction of sp³-hybridized carbons (Fsp3) is 0.706. The predicted molar refractivity (Wildman–Crippen MR) is 84.8 cm³/mol. The number of piperidine rings is 1. The molecule has 1 aliphatic rings.